The van der Waals surface area contributed by atoms with Crippen LogP contribution in [0.25, 0.3) is 0 Å². The quantitative estimate of drug-likeness (QED) is 0.739. The fraction of sp³-hybridized carbons (Fsp3) is 0.667. The van der Waals surface area contributed by atoms with Gasteiger partial charge in [0, 0.05) is 17.7 Å². The molecule has 4 heteroatoms. The Hall–Kier alpha value is -1.32. The molecule has 0 bridgehead atoms. The highest BCUT2D eigenvalue weighted by molar-refractivity contribution is 6.05. The Morgan fingerprint density at radius 3 is 2.19 bits per heavy atom. The summed E-state index contributed by atoms with van der Waals surface area (Å²) in [5.74, 6) is -0.520. The van der Waals surface area contributed by atoms with Crippen LogP contribution in [0.1, 0.15) is 33.6 Å². The first-order chi connectivity index (χ1) is 7.35. The largest absolute Gasteiger partial charge is 0.466 e. The maximum atomic E-state index is 11.7. The van der Waals surface area contributed by atoms with Crippen LogP contribution in [-0.4, -0.2) is 25.5 Å². The lowest BCUT2D eigenvalue weighted by molar-refractivity contribution is -0.137. The van der Waals surface area contributed by atoms with Crippen LogP contribution in [0.2, 0.25) is 0 Å². The van der Waals surface area contributed by atoms with E-state index in [1.165, 1.54) is 7.11 Å². The number of nitrogens with one attached hydrogen (secondary N) is 1. The van der Waals surface area contributed by atoms with Crippen molar-refractivity contribution in [3.05, 3.63) is 11.1 Å². The second-order valence-electron chi connectivity index (χ2n) is 5.19. The van der Waals surface area contributed by atoms with E-state index in [0.29, 0.717) is 30.5 Å². The first kappa shape index (κ1) is 12.7. The molecule has 1 amide bonds. The zero-order chi connectivity index (χ0) is 12.3. The van der Waals surface area contributed by atoms with Crippen LogP contribution in [0.5, 0.6) is 0 Å². The van der Waals surface area contributed by atoms with Crippen molar-refractivity contribution in [2.45, 2.75) is 33.6 Å². The van der Waals surface area contributed by atoms with Crippen molar-refractivity contribution in [1.29, 1.82) is 0 Å². The van der Waals surface area contributed by atoms with Gasteiger partial charge in [0.2, 0.25) is 5.91 Å². The van der Waals surface area contributed by atoms with Crippen molar-refractivity contribution in [2.24, 2.45) is 5.41 Å². The smallest absolute Gasteiger partial charge is 0.334 e. The van der Waals surface area contributed by atoms with Gasteiger partial charge in [-0.15, -0.1) is 0 Å². The van der Waals surface area contributed by atoms with E-state index in [-0.39, 0.29) is 17.3 Å². The third-order valence-corrected chi connectivity index (χ3v) is 2.47. The van der Waals surface area contributed by atoms with Crippen molar-refractivity contribution in [2.75, 3.05) is 13.7 Å². The molecule has 0 aromatic carbocycles. The highest BCUT2D eigenvalue weighted by Gasteiger charge is 2.29. The number of rotatable bonds is 3. The summed E-state index contributed by atoms with van der Waals surface area (Å²) in [5, 5.41) is 2.83. The highest BCUT2D eigenvalue weighted by atomic mass is 16.5. The molecule has 90 valence electrons. The SMILES string of the molecule is COC(=O)C1=C(C(=O)NCC(C)(C)C)CC1. The van der Waals surface area contributed by atoms with E-state index in [4.69, 9.17) is 0 Å². The average Bonchev–Trinajstić information content (AvgIpc) is 2.11. The summed E-state index contributed by atoms with van der Waals surface area (Å²) in [5.41, 5.74) is 1.15. The number of methoxy groups -OCH3 is 1. The number of carbonyl (C=O) groups excluding carboxylic acids is 2. The number of esters is 1. The molecule has 0 saturated carbocycles. The molecule has 0 aromatic rings. The Balaban J connectivity index is 2.59. The van der Waals surface area contributed by atoms with Crippen LogP contribution in [0.3, 0.4) is 0 Å². The summed E-state index contributed by atoms with van der Waals surface area (Å²) < 4.78 is 4.60. The molecule has 1 aliphatic carbocycles. The van der Waals surface area contributed by atoms with Crippen LogP contribution in [-0.2, 0) is 14.3 Å². The van der Waals surface area contributed by atoms with E-state index in [2.05, 4.69) is 10.1 Å². The summed E-state index contributed by atoms with van der Waals surface area (Å²) in [6.45, 7) is 6.74. The van der Waals surface area contributed by atoms with Gasteiger partial charge in [0.05, 0.1) is 7.11 Å². The Labute approximate surface area is 96.0 Å². The fourth-order valence-corrected chi connectivity index (χ4v) is 1.43. The van der Waals surface area contributed by atoms with E-state index in [1.807, 2.05) is 20.8 Å². The van der Waals surface area contributed by atoms with Crippen molar-refractivity contribution in [1.82, 2.24) is 5.32 Å². The van der Waals surface area contributed by atoms with Gasteiger partial charge in [0.25, 0.3) is 0 Å². The predicted octanol–water partition coefficient (Wildman–Crippen LogP) is 1.41. The minimum atomic E-state index is -0.382. The minimum absolute atomic E-state index is 0.0470. The second-order valence-corrected chi connectivity index (χ2v) is 5.19. The molecule has 4 nitrogen and oxygen atoms in total. The van der Waals surface area contributed by atoms with E-state index in [1.54, 1.807) is 0 Å². The Kier molecular flexibility index (Phi) is 3.73. The second kappa shape index (κ2) is 4.68. The molecular formula is C12H19NO3. The number of hydrogen-bond acceptors (Lipinski definition) is 3. The van der Waals surface area contributed by atoms with Gasteiger partial charge < -0.3 is 10.1 Å². The monoisotopic (exact) mass is 225 g/mol. The minimum Gasteiger partial charge on any atom is -0.466 e. The maximum absolute atomic E-state index is 11.7. The standard InChI is InChI=1S/C12H19NO3/c1-12(2,3)7-13-10(14)8-5-6-9(8)11(15)16-4/h5-7H2,1-4H3,(H,13,14). The molecule has 0 aliphatic heterocycles. The first-order valence-corrected chi connectivity index (χ1v) is 5.43. The summed E-state index contributed by atoms with van der Waals surface area (Å²) in [6.07, 6.45) is 1.31. The van der Waals surface area contributed by atoms with Gasteiger partial charge in [-0.05, 0) is 18.3 Å². The molecule has 0 unspecified atom stereocenters. The third-order valence-electron chi connectivity index (χ3n) is 2.47. The van der Waals surface area contributed by atoms with Crippen LogP contribution in [0.4, 0.5) is 0 Å². The van der Waals surface area contributed by atoms with Gasteiger partial charge in [-0.1, -0.05) is 20.8 Å². The van der Waals surface area contributed by atoms with Crippen molar-refractivity contribution < 1.29 is 14.3 Å². The maximum Gasteiger partial charge on any atom is 0.334 e. The molecule has 0 fully saturated rings. The predicted molar refractivity (Wildman–Crippen MR) is 60.7 cm³/mol. The molecule has 0 heterocycles. The normalized spacial score (nSPS) is 15.5. The van der Waals surface area contributed by atoms with E-state index >= 15 is 0 Å². The van der Waals surface area contributed by atoms with E-state index < -0.39 is 0 Å². The molecule has 0 radical (unpaired) electrons. The zero-order valence-corrected chi connectivity index (χ0v) is 10.3. The van der Waals surface area contributed by atoms with Crippen molar-refractivity contribution >= 4 is 11.9 Å². The lowest BCUT2D eigenvalue weighted by atomic mass is 9.87. The molecule has 0 saturated heterocycles. The van der Waals surface area contributed by atoms with Gasteiger partial charge in [0.1, 0.15) is 0 Å². The number of ether oxygens (including phenoxy) is 1. The van der Waals surface area contributed by atoms with Gasteiger partial charge in [-0.2, -0.15) is 0 Å². The molecule has 1 aliphatic rings. The average molecular weight is 225 g/mol. The topological polar surface area (TPSA) is 55.4 Å². The number of amides is 1. The Morgan fingerprint density at radius 2 is 1.81 bits per heavy atom. The Morgan fingerprint density at radius 1 is 1.25 bits per heavy atom. The molecule has 0 aromatic heterocycles. The van der Waals surface area contributed by atoms with Gasteiger partial charge in [-0.25, -0.2) is 4.79 Å². The molecule has 1 rings (SSSR count). The lowest BCUT2D eigenvalue weighted by Crippen LogP contribution is -2.36. The van der Waals surface area contributed by atoms with Crippen LogP contribution < -0.4 is 5.32 Å². The summed E-state index contributed by atoms with van der Waals surface area (Å²) >= 11 is 0. The van der Waals surface area contributed by atoms with Gasteiger partial charge >= 0.3 is 5.97 Å². The van der Waals surface area contributed by atoms with Crippen molar-refractivity contribution in [3.63, 3.8) is 0 Å². The number of carbonyl (C=O) groups is 2. The highest BCUT2D eigenvalue weighted by Crippen LogP contribution is 2.28. The summed E-state index contributed by atoms with van der Waals surface area (Å²) in [6, 6.07) is 0. The van der Waals surface area contributed by atoms with Crippen LogP contribution >= 0.6 is 0 Å². The Bertz CT molecular complexity index is 337. The fourth-order valence-electron chi connectivity index (χ4n) is 1.43. The summed E-state index contributed by atoms with van der Waals surface area (Å²) in [4.78, 5) is 23.0. The summed E-state index contributed by atoms with van der Waals surface area (Å²) in [7, 11) is 1.33. The molecule has 0 atom stereocenters. The number of hydrogen-bond donors (Lipinski definition) is 1. The van der Waals surface area contributed by atoms with Crippen LogP contribution in [0.15, 0.2) is 11.1 Å². The van der Waals surface area contributed by atoms with E-state index in [0.717, 1.165) is 0 Å². The third kappa shape index (κ3) is 3.08. The van der Waals surface area contributed by atoms with Crippen molar-refractivity contribution in [3.8, 4) is 0 Å². The first-order valence-electron chi connectivity index (χ1n) is 5.43. The molecule has 1 N–H and O–H groups in total. The zero-order valence-electron chi connectivity index (χ0n) is 10.3. The van der Waals surface area contributed by atoms with Gasteiger partial charge in [-0.3, -0.25) is 4.79 Å². The molecule has 16 heavy (non-hydrogen) atoms. The van der Waals surface area contributed by atoms with Crippen LogP contribution in [0, 0.1) is 5.41 Å². The molecule has 0 spiro atoms. The lowest BCUT2D eigenvalue weighted by Gasteiger charge is -2.24. The van der Waals surface area contributed by atoms with Gasteiger partial charge in [0.15, 0.2) is 0 Å². The van der Waals surface area contributed by atoms with E-state index in [9.17, 15) is 9.59 Å². The molecular weight excluding hydrogens is 206 g/mol.